The third-order valence-corrected chi connectivity index (χ3v) is 5.78. The molecule has 2 N–H and O–H groups in total. The lowest BCUT2D eigenvalue weighted by atomic mass is 10.1. The minimum absolute atomic E-state index is 0.136. The second kappa shape index (κ2) is 8.62. The summed E-state index contributed by atoms with van der Waals surface area (Å²) in [5.41, 5.74) is 1.15. The van der Waals surface area contributed by atoms with Crippen molar-refractivity contribution in [1.29, 1.82) is 0 Å². The Kier molecular flexibility index (Phi) is 6.78. The Hall–Kier alpha value is -1.67. The van der Waals surface area contributed by atoms with Gasteiger partial charge in [-0.25, -0.2) is 14.8 Å². The van der Waals surface area contributed by atoms with Gasteiger partial charge in [-0.05, 0) is 38.7 Å². The number of amides is 3. The Morgan fingerprint density at radius 3 is 2.60 bits per heavy atom. The van der Waals surface area contributed by atoms with E-state index in [9.17, 15) is 9.59 Å². The zero-order valence-corrected chi connectivity index (χ0v) is 16.9. The van der Waals surface area contributed by atoms with Crippen molar-refractivity contribution in [2.24, 2.45) is 5.92 Å². The lowest BCUT2D eigenvalue weighted by molar-refractivity contribution is -0.117. The molecule has 0 fully saturated rings. The first-order chi connectivity index (χ1) is 11.8. The number of aryl methyl sites for hydroxylation is 3. The maximum atomic E-state index is 12.0. The minimum Gasteiger partial charge on any atom is -0.338 e. The van der Waals surface area contributed by atoms with Crippen LogP contribution in [0.15, 0.2) is 5.03 Å². The SMILES string of the molecule is Cc1nc(SCC(=O)NC(=O)NCCC(C)C)c2c(C)c(C)sc2n1. The maximum Gasteiger partial charge on any atom is 0.321 e. The number of nitrogens with zero attached hydrogens (tertiary/aromatic N) is 2. The first-order valence-electron chi connectivity index (χ1n) is 8.22. The van der Waals surface area contributed by atoms with Crippen LogP contribution >= 0.6 is 23.1 Å². The van der Waals surface area contributed by atoms with Gasteiger partial charge in [-0.1, -0.05) is 25.6 Å². The van der Waals surface area contributed by atoms with Gasteiger partial charge in [0.2, 0.25) is 5.91 Å². The smallest absolute Gasteiger partial charge is 0.321 e. The molecule has 0 unspecified atom stereocenters. The van der Waals surface area contributed by atoms with Crippen LogP contribution in [0.25, 0.3) is 10.2 Å². The van der Waals surface area contributed by atoms with Gasteiger partial charge in [0.15, 0.2) is 0 Å². The van der Waals surface area contributed by atoms with E-state index in [-0.39, 0.29) is 11.7 Å². The van der Waals surface area contributed by atoms with E-state index in [1.54, 1.807) is 11.3 Å². The van der Waals surface area contributed by atoms with Gasteiger partial charge in [0.25, 0.3) is 0 Å². The number of carbonyl (C=O) groups is 2. The topological polar surface area (TPSA) is 84.0 Å². The van der Waals surface area contributed by atoms with Crippen molar-refractivity contribution >= 4 is 45.3 Å². The number of aromatic nitrogens is 2. The zero-order valence-electron chi connectivity index (χ0n) is 15.2. The van der Waals surface area contributed by atoms with Crippen LogP contribution in [0, 0.1) is 26.7 Å². The lowest BCUT2D eigenvalue weighted by Crippen LogP contribution is -2.40. The maximum absolute atomic E-state index is 12.0. The molecule has 25 heavy (non-hydrogen) atoms. The van der Waals surface area contributed by atoms with E-state index in [2.05, 4.69) is 41.4 Å². The highest BCUT2D eigenvalue weighted by atomic mass is 32.2. The first kappa shape index (κ1) is 19.7. The second-order valence-corrected chi connectivity index (χ2v) is 8.48. The molecule has 0 radical (unpaired) electrons. The lowest BCUT2D eigenvalue weighted by Gasteiger charge is -2.08. The van der Waals surface area contributed by atoms with Gasteiger partial charge >= 0.3 is 6.03 Å². The van der Waals surface area contributed by atoms with Crippen molar-refractivity contribution in [2.45, 2.75) is 46.1 Å². The van der Waals surface area contributed by atoms with Crippen LogP contribution in [0.1, 0.15) is 36.5 Å². The third kappa shape index (κ3) is 5.40. The molecule has 0 aromatic carbocycles. The van der Waals surface area contributed by atoms with Crippen molar-refractivity contribution in [3.63, 3.8) is 0 Å². The van der Waals surface area contributed by atoms with E-state index in [0.29, 0.717) is 18.3 Å². The normalized spacial score (nSPS) is 11.1. The predicted octanol–water partition coefficient (Wildman–Crippen LogP) is 3.58. The van der Waals surface area contributed by atoms with Gasteiger partial charge in [-0.3, -0.25) is 10.1 Å². The molecule has 3 amide bonds. The summed E-state index contributed by atoms with van der Waals surface area (Å²) in [6, 6.07) is -0.446. The molecule has 0 saturated carbocycles. The van der Waals surface area contributed by atoms with Gasteiger partial charge < -0.3 is 5.32 Å². The largest absolute Gasteiger partial charge is 0.338 e. The molecule has 0 atom stereocenters. The van der Waals surface area contributed by atoms with Crippen LogP contribution in [-0.4, -0.2) is 34.2 Å². The molecule has 136 valence electrons. The molecule has 0 bridgehead atoms. The highest BCUT2D eigenvalue weighted by Gasteiger charge is 2.15. The second-order valence-electron chi connectivity index (χ2n) is 6.31. The number of imide groups is 1. The van der Waals surface area contributed by atoms with Gasteiger partial charge in [0, 0.05) is 16.8 Å². The summed E-state index contributed by atoms with van der Waals surface area (Å²) in [7, 11) is 0. The van der Waals surface area contributed by atoms with Crippen molar-refractivity contribution < 1.29 is 9.59 Å². The van der Waals surface area contributed by atoms with Crippen LogP contribution < -0.4 is 10.6 Å². The van der Waals surface area contributed by atoms with E-state index in [0.717, 1.165) is 27.2 Å². The Bertz CT molecular complexity index is 787. The quantitative estimate of drug-likeness (QED) is 0.591. The van der Waals surface area contributed by atoms with Gasteiger partial charge in [0.1, 0.15) is 15.7 Å². The Labute approximate surface area is 156 Å². The highest BCUT2D eigenvalue weighted by molar-refractivity contribution is 8.00. The van der Waals surface area contributed by atoms with Gasteiger partial charge in [0.05, 0.1) is 5.75 Å². The van der Waals surface area contributed by atoms with Crippen LogP contribution in [-0.2, 0) is 4.79 Å². The fourth-order valence-electron chi connectivity index (χ4n) is 2.23. The molecule has 2 heterocycles. The molecule has 8 heteroatoms. The number of fused-ring (bicyclic) bond motifs is 1. The average Bonchev–Trinajstić information content (AvgIpc) is 2.79. The molecule has 0 aliphatic rings. The van der Waals surface area contributed by atoms with Crippen LogP contribution in [0.3, 0.4) is 0 Å². The summed E-state index contributed by atoms with van der Waals surface area (Å²) in [5, 5.41) is 6.84. The molecular weight excluding hydrogens is 356 g/mol. The van der Waals surface area contributed by atoms with Crippen molar-refractivity contribution in [1.82, 2.24) is 20.6 Å². The molecular formula is C17H24N4O2S2. The van der Waals surface area contributed by atoms with Gasteiger partial charge in [-0.15, -0.1) is 11.3 Å². The summed E-state index contributed by atoms with van der Waals surface area (Å²) in [5.74, 6) is 0.994. The summed E-state index contributed by atoms with van der Waals surface area (Å²) in [6.45, 7) is 10.7. The monoisotopic (exact) mass is 380 g/mol. The minimum atomic E-state index is -0.446. The Morgan fingerprint density at radius 2 is 1.92 bits per heavy atom. The number of hydrogen-bond donors (Lipinski definition) is 2. The Morgan fingerprint density at radius 1 is 1.20 bits per heavy atom. The fraction of sp³-hybridized carbons (Fsp3) is 0.529. The number of thiophene rings is 1. The number of nitrogens with one attached hydrogen (secondary N) is 2. The molecule has 0 saturated heterocycles. The molecule has 0 spiro atoms. The molecule has 2 aromatic heterocycles. The van der Waals surface area contributed by atoms with E-state index >= 15 is 0 Å². The van der Waals surface area contributed by atoms with Crippen molar-refractivity contribution in [2.75, 3.05) is 12.3 Å². The summed E-state index contributed by atoms with van der Waals surface area (Å²) in [4.78, 5) is 34.8. The molecule has 2 aromatic rings. The van der Waals surface area contributed by atoms with Gasteiger partial charge in [-0.2, -0.15) is 0 Å². The van der Waals surface area contributed by atoms with E-state index in [4.69, 9.17) is 0 Å². The summed E-state index contributed by atoms with van der Waals surface area (Å²) in [6.07, 6.45) is 0.880. The van der Waals surface area contributed by atoms with Crippen LogP contribution in [0.4, 0.5) is 4.79 Å². The van der Waals surface area contributed by atoms with Crippen LogP contribution in [0.5, 0.6) is 0 Å². The predicted molar refractivity (Wildman–Crippen MR) is 103 cm³/mol. The molecule has 6 nitrogen and oxygen atoms in total. The number of urea groups is 1. The van der Waals surface area contributed by atoms with Crippen molar-refractivity contribution in [3.8, 4) is 0 Å². The highest BCUT2D eigenvalue weighted by Crippen LogP contribution is 2.34. The molecule has 2 rings (SSSR count). The first-order valence-corrected chi connectivity index (χ1v) is 10.0. The zero-order chi connectivity index (χ0) is 18.6. The summed E-state index contributed by atoms with van der Waals surface area (Å²) >= 11 is 2.97. The van der Waals surface area contributed by atoms with E-state index in [1.807, 2.05) is 13.8 Å². The van der Waals surface area contributed by atoms with E-state index < -0.39 is 6.03 Å². The number of rotatable bonds is 6. The van der Waals surface area contributed by atoms with Crippen molar-refractivity contribution in [3.05, 3.63) is 16.3 Å². The van der Waals surface area contributed by atoms with Crippen LogP contribution in [0.2, 0.25) is 0 Å². The average molecular weight is 381 g/mol. The third-order valence-electron chi connectivity index (χ3n) is 3.71. The number of carbonyl (C=O) groups excluding carboxylic acids is 2. The molecule has 0 aliphatic heterocycles. The Balaban J connectivity index is 1.96. The molecule has 0 aliphatic carbocycles. The fourth-order valence-corrected chi connectivity index (χ4v) is 4.30. The summed E-state index contributed by atoms with van der Waals surface area (Å²) < 4.78 is 0. The number of hydrogen-bond acceptors (Lipinski definition) is 6. The standard InChI is InChI=1S/C17H24N4O2S2/c1-9(2)6-7-18-17(23)21-13(22)8-24-15-14-10(3)11(4)25-16(14)20-12(5)19-15/h9H,6-8H2,1-5H3,(H2,18,21,22,23). The van der Waals surface area contributed by atoms with E-state index in [1.165, 1.54) is 16.6 Å². The number of thioether (sulfide) groups is 1.